The van der Waals surface area contributed by atoms with E-state index in [2.05, 4.69) is 27.6 Å². The Bertz CT molecular complexity index is 1110. The van der Waals surface area contributed by atoms with Crippen molar-refractivity contribution in [3.63, 3.8) is 0 Å². The molecule has 6 rings (SSSR count). The van der Waals surface area contributed by atoms with Crippen molar-refractivity contribution >= 4 is 39.0 Å². The fraction of sp³-hybridized carbons (Fsp3) is 0.625. The standard InChI is InChI=1S/C24H33N7OS/c1-2-31-15-17(14-25-31)27-24-28-22(21-19-4-3-5-20(19)33-23(21)29-24)26-16-6-8-18(9-7-16)30-10-12-32-13-11-30/h14-16,18H,2-13H2,1H3,(H2,26,27,28,29). The highest BCUT2D eigenvalue weighted by atomic mass is 32.1. The zero-order chi connectivity index (χ0) is 22.2. The zero-order valence-corrected chi connectivity index (χ0v) is 20.2. The lowest BCUT2D eigenvalue weighted by Crippen LogP contribution is -2.46. The summed E-state index contributed by atoms with van der Waals surface area (Å²) in [6.07, 6.45) is 12.3. The quantitative estimate of drug-likeness (QED) is 0.562. The van der Waals surface area contributed by atoms with Crippen LogP contribution in [0.5, 0.6) is 0 Å². The fourth-order valence-corrected chi connectivity index (χ4v) is 6.87. The summed E-state index contributed by atoms with van der Waals surface area (Å²) >= 11 is 1.85. The van der Waals surface area contributed by atoms with Crippen molar-refractivity contribution in [2.45, 2.75) is 70.5 Å². The summed E-state index contributed by atoms with van der Waals surface area (Å²) in [5, 5.41) is 12.9. The van der Waals surface area contributed by atoms with Gasteiger partial charge in [-0.25, -0.2) is 4.98 Å². The van der Waals surface area contributed by atoms with Crippen molar-refractivity contribution < 1.29 is 4.74 Å². The van der Waals surface area contributed by atoms with Crippen molar-refractivity contribution in [2.75, 3.05) is 36.9 Å². The van der Waals surface area contributed by atoms with Crippen LogP contribution in [0.25, 0.3) is 10.2 Å². The average Bonchev–Trinajstić information content (AvgIpc) is 3.56. The number of morpholine rings is 1. The lowest BCUT2D eigenvalue weighted by molar-refractivity contribution is 0.00791. The molecule has 4 heterocycles. The SMILES string of the molecule is CCn1cc(Nc2nc(NC3CCC(N4CCOCC4)CC3)c3c4c(sc3n2)CCC4)cn1. The molecule has 0 spiro atoms. The van der Waals surface area contributed by atoms with Crippen molar-refractivity contribution in [3.8, 4) is 0 Å². The number of anilines is 3. The van der Waals surface area contributed by atoms with Crippen molar-refractivity contribution in [1.82, 2.24) is 24.6 Å². The average molecular weight is 468 g/mol. The highest BCUT2D eigenvalue weighted by Gasteiger charge is 2.29. The number of hydrogen-bond acceptors (Lipinski definition) is 8. The molecule has 3 aliphatic rings. The second kappa shape index (κ2) is 9.19. The molecule has 1 saturated heterocycles. The first kappa shape index (κ1) is 21.3. The summed E-state index contributed by atoms with van der Waals surface area (Å²) in [6.45, 7) is 6.86. The predicted molar refractivity (Wildman–Crippen MR) is 133 cm³/mol. The lowest BCUT2D eigenvalue weighted by Gasteiger charge is -2.39. The molecule has 9 heteroatoms. The van der Waals surface area contributed by atoms with Gasteiger partial charge in [0.25, 0.3) is 0 Å². The maximum Gasteiger partial charge on any atom is 0.230 e. The monoisotopic (exact) mass is 467 g/mol. The number of aryl methyl sites for hydroxylation is 3. The van der Waals surface area contributed by atoms with E-state index >= 15 is 0 Å². The van der Waals surface area contributed by atoms with E-state index in [1.165, 1.54) is 54.4 Å². The molecule has 3 aromatic rings. The third-order valence-electron chi connectivity index (χ3n) is 7.38. The molecule has 176 valence electrons. The number of fused-ring (bicyclic) bond motifs is 3. The summed E-state index contributed by atoms with van der Waals surface area (Å²) in [5.74, 6) is 1.67. The molecule has 3 aromatic heterocycles. The Balaban J connectivity index is 1.23. The molecule has 0 atom stereocenters. The van der Waals surface area contributed by atoms with Gasteiger partial charge >= 0.3 is 0 Å². The minimum Gasteiger partial charge on any atom is -0.379 e. The maximum absolute atomic E-state index is 5.54. The molecule has 0 unspecified atom stereocenters. The maximum atomic E-state index is 5.54. The van der Waals surface area contributed by atoms with Crippen LogP contribution in [0.15, 0.2) is 12.4 Å². The van der Waals surface area contributed by atoms with Crippen LogP contribution < -0.4 is 10.6 Å². The van der Waals surface area contributed by atoms with Gasteiger partial charge in [-0.3, -0.25) is 9.58 Å². The van der Waals surface area contributed by atoms with Crippen LogP contribution in [-0.2, 0) is 24.1 Å². The van der Waals surface area contributed by atoms with E-state index in [0.29, 0.717) is 18.0 Å². The van der Waals surface area contributed by atoms with E-state index in [4.69, 9.17) is 14.7 Å². The van der Waals surface area contributed by atoms with E-state index < -0.39 is 0 Å². The van der Waals surface area contributed by atoms with Crippen LogP contribution in [0.2, 0.25) is 0 Å². The molecule has 1 aliphatic heterocycles. The molecular weight excluding hydrogens is 434 g/mol. The third kappa shape index (κ3) is 4.34. The van der Waals surface area contributed by atoms with Gasteiger partial charge in [0.15, 0.2) is 0 Å². The van der Waals surface area contributed by atoms with E-state index in [0.717, 1.165) is 55.6 Å². The molecule has 0 radical (unpaired) electrons. The Kier molecular flexibility index (Phi) is 5.94. The van der Waals surface area contributed by atoms with Gasteiger partial charge in [0.05, 0.1) is 30.5 Å². The third-order valence-corrected chi connectivity index (χ3v) is 8.56. The molecular formula is C24H33N7OS. The van der Waals surface area contributed by atoms with Gasteiger partial charge in [-0.15, -0.1) is 11.3 Å². The van der Waals surface area contributed by atoms with Gasteiger partial charge in [-0.05, 0) is 57.4 Å². The van der Waals surface area contributed by atoms with Crippen molar-refractivity contribution in [3.05, 3.63) is 22.8 Å². The molecule has 33 heavy (non-hydrogen) atoms. The van der Waals surface area contributed by atoms with Crippen LogP contribution in [0.4, 0.5) is 17.5 Å². The normalized spacial score (nSPS) is 23.7. The summed E-state index contributed by atoms with van der Waals surface area (Å²) < 4.78 is 7.45. The fourth-order valence-electron chi connectivity index (χ4n) is 5.61. The minimum absolute atomic E-state index is 0.466. The van der Waals surface area contributed by atoms with E-state index in [1.807, 2.05) is 28.4 Å². The molecule has 2 fully saturated rings. The van der Waals surface area contributed by atoms with Gasteiger partial charge < -0.3 is 15.4 Å². The van der Waals surface area contributed by atoms with Crippen LogP contribution in [0, 0.1) is 0 Å². The zero-order valence-electron chi connectivity index (χ0n) is 19.3. The van der Waals surface area contributed by atoms with Gasteiger partial charge in [0.2, 0.25) is 5.95 Å². The second-order valence-corrected chi connectivity index (χ2v) is 10.5. The summed E-state index contributed by atoms with van der Waals surface area (Å²) in [7, 11) is 0. The Morgan fingerprint density at radius 3 is 2.76 bits per heavy atom. The highest BCUT2D eigenvalue weighted by molar-refractivity contribution is 7.19. The Morgan fingerprint density at radius 1 is 1.12 bits per heavy atom. The summed E-state index contributed by atoms with van der Waals surface area (Å²) in [4.78, 5) is 15.1. The van der Waals surface area contributed by atoms with Crippen LogP contribution in [-0.4, -0.2) is 63.0 Å². The molecule has 0 aromatic carbocycles. The number of thiophene rings is 1. The van der Waals surface area contributed by atoms with E-state index in [9.17, 15) is 0 Å². The van der Waals surface area contributed by atoms with Gasteiger partial charge in [0, 0.05) is 42.8 Å². The predicted octanol–water partition coefficient (Wildman–Crippen LogP) is 4.20. The van der Waals surface area contributed by atoms with E-state index in [-0.39, 0.29) is 0 Å². The van der Waals surface area contributed by atoms with Gasteiger partial charge in [0.1, 0.15) is 10.6 Å². The Morgan fingerprint density at radius 2 is 1.97 bits per heavy atom. The van der Waals surface area contributed by atoms with E-state index in [1.54, 1.807) is 0 Å². The molecule has 2 aliphatic carbocycles. The topological polar surface area (TPSA) is 80.1 Å². The minimum atomic E-state index is 0.466. The molecule has 2 N–H and O–H groups in total. The van der Waals surface area contributed by atoms with Crippen molar-refractivity contribution in [1.29, 1.82) is 0 Å². The number of ether oxygens (including phenoxy) is 1. The first-order chi connectivity index (χ1) is 16.3. The number of rotatable bonds is 6. The summed E-state index contributed by atoms with van der Waals surface area (Å²) in [5.41, 5.74) is 2.40. The number of hydrogen-bond donors (Lipinski definition) is 2. The summed E-state index contributed by atoms with van der Waals surface area (Å²) in [6, 6.07) is 1.17. The molecule has 0 amide bonds. The number of nitrogens with one attached hydrogen (secondary N) is 2. The Hall–Kier alpha value is -2.23. The molecule has 0 bridgehead atoms. The first-order valence-electron chi connectivity index (χ1n) is 12.5. The molecule has 8 nitrogen and oxygen atoms in total. The van der Waals surface area contributed by atoms with Crippen LogP contribution in [0.1, 0.15) is 49.5 Å². The highest BCUT2D eigenvalue weighted by Crippen LogP contribution is 2.41. The second-order valence-electron chi connectivity index (χ2n) is 9.44. The number of nitrogens with zero attached hydrogens (tertiary/aromatic N) is 5. The molecule has 1 saturated carbocycles. The van der Waals surface area contributed by atoms with Crippen LogP contribution in [0.3, 0.4) is 0 Å². The number of aromatic nitrogens is 4. The van der Waals surface area contributed by atoms with Crippen molar-refractivity contribution in [2.24, 2.45) is 0 Å². The van der Waals surface area contributed by atoms with Gasteiger partial charge in [-0.1, -0.05) is 0 Å². The first-order valence-corrected chi connectivity index (χ1v) is 13.3. The van der Waals surface area contributed by atoms with Gasteiger partial charge in [-0.2, -0.15) is 10.1 Å². The lowest BCUT2D eigenvalue weighted by atomic mass is 9.90. The Labute approximate surface area is 198 Å². The smallest absolute Gasteiger partial charge is 0.230 e. The van der Waals surface area contributed by atoms with Crippen LogP contribution >= 0.6 is 11.3 Å². The largest absolute Gasteiger partial charge is 0.379 e.